The van der Waals surface area contributed by atoms with Gasteiger partial charge in [-0.3, -0.25) is 9.59 Å². The van der Waals surface area contributed by atoms with Crippen LogP contribution in [0, 0.1) is 0 Å². The van der Waals surface area contributed by atoms with Crippen molar-refractivity contribution in [3.05, 3.63) is 53.3 Å². The maximum Gasteiger partial charge on any atom is 0.274 e. The van der Waals surface area contributed by atoms with Crippen LogP contribution in [0.3, 0.4) is 0 Å². The summed E-state index contributed by atoms with van der Waals surface area (Å²) in [6.07, 6.45) is 4.35. The number of amides is 2. The van der Waals surface area contributed by atoms with Gasteiger partial charge in [-0.2, -0.15) is 0 Å². The second kappa shape index (κ2) is 8.66. The Hall–Kier alpha value is -2.89. The fourth-order valence-corrected chi connectivity index (χ4v) is 3.37. The van der Waals surface area contributed by atoms with Crippen molar-refractivity contribution in [1.82, 2.24) is 9.88 Å². The van der Waals surface area contributed by atoms with Crippen molar-refractivity contribution in [2.45, 2.75) is 26.7 Å². The lowest BCUT2D eigenvalue weighted by molar-refractivity contribution is -0.118. The van der Waals surface area contributed by atoms with E-state index in [9.17, 15) is 9.59 Å². The van der Waals surface area contributed by atoms with Gasteiger partial charge in [-0.25, -0.2) is 4.98 Å². The highest BCUT2D eigenvalue weighted by Crippen LogP contribution is 2.23. The number of hydrogen-bond donors (Lipinski definition) is 1. The summed E-state index contributed by atoms with van der Waals surface area (Å²) in [6.45, 7) is 7.13. The Morgan fingerprint density at radius 1 is 1.07 bits per heavy atom. The minimum absolute atomic E-state index is 0.192. The zero-order valence-electron chi connectivity index (χ0n) is 15.9. The monoisotopic (exact) mass is 366 g/mol. The van der Waals surface area contributed by atoms with Crippen LogP contribution in [0.1, 0.15) is 35.5 Å². The second-order valence-electron chi connectivity index (χ2n) is 6.64. The average molecular weight is 366 g/mol. The molecule has 3 rings (SSSR count). The van der Waals surface area contributed by atoms with Crippen molar-refractivity contribution in [3.8, 4) is 0 Å². The quantitative estimate of drug-likeness (QED) is 0.799. The molecule has 0 aliphatic carbocycles. The van der Waals surface area contributed by atoms with Gasteiger partial charge in [0.05, 0.1) is 11.9 Å². The van der Waals surface area contributed by atoms with Crippen LogP contribution in [0.5, 0.6) is 0 Å². The zero-order valence-corrected chi connectivity index (χ0v) is 15.9. The van der Waals surface area contributed by atoms with Crippen molar-refractivity contribution in [2.24, 2.45) is 0 Å². The van der Waals surface area contributed by atoms with Crippen LogP contribution in [-0.4, -0.2) is 48.4 Å². The third-order valence-electron chi connectivity index (χ3n) is 5.05. The average Bonchev–Trinajstić information content (AvgIpc) is 2.74. The topological polar surface area (TPSA) is 65.5 Å². The zero-order chi connectivity index (χ0) is 19.2. The lowest BCUT2D eigenvalue weighted by Crippen LogP contribution is -2.45. The van der Waals surface area contributed by atoms with Crippen LogP contribution in [-0.2, 0) is 17.6 Å². The van der Waals surface area contributed by atoms with Gasteiger partial charge in [-0.15, -0.1) is 0 Å². The summed E-state index contributed by atoms with van der Waals surface area (Å²) in [4.78, 5) is 31.8. The van der Waals surface area contributed by atoms with Gasteiger partial charge in [0, 0.05) is 31.9 Å². The number of hydrogen-bond acceptors (Lipinski definition) is 4. The number of aryl methyl sites for hydroxylation is 2. The molecule has 0 radical (unpaired) electrons. The number of carbonyl (C=O) groups is 2. The van der Waals surface area contributed by atoms with Gasteiger partial charge in [0.1, 0.15) is 5.69 Å². The maximum absolute atomic E-state index is 12.7. The number of aromatic nitrogens is 1. The molecule has 6 nitrogen and oxygen atoms in total. The third-order valence-corrected chi connectivity index (χ3v) is 5.05. The van der Waals surface area contributed by atoms with Crippen LogP contribution in [0.25, 0.3) is 0 Å². The Morgan fingerprint density at radius 2 is 1.74 bits per heavy atom. The number of piperazine rings is 1. The van der Waals surface area contributed by atoms with Gasteiger partial charge in [0.25, 0.3) is 5.91 Å². The lowest BCUT2D eigenvalue weighted by Gasteiger charge is -2.33. The number of nitrogens with zero attached hydrogens (tertiary/aromatic N) is 3. The molecule has 0 unspecified atom stereocenters. The summed E-state index contributed by atoms with van der Waals surface area (Å²) in [5, 5.41) is 3.05. The fraction of sp³-hybridized carbons (Fsp3) is 0.381. The molecule has 0 saturated carbocycles. The predicted octanol–water partition coefficient (Wildman–Crippen LogP) is 2.74. The number of para-hydroxylation sites is 1. The Morgan fingerprint density at radius 3 is 2.26 bits per heavy atom. The number of carbonyl (C=O) groups excluding carboxylic acids is 2. The van der Waals surface area contributed by atoms with E-state index in [4.69, 9.17) is 0 Å². The van der Waals surface area contributed by atoms with Crippen LogP contribution in [0.15, 0.2) is 36.5 Å². The van der Waals surface area contributed by atoms with E-state index < -0.39 is 0 Å². The van der Waals surface area contributed by atoms with Gasteiger partial charge >= 0.3 is 0 Å². The van der Waals surface area contributed by atoms with E-state index in [1.54, 1.807) is 17.2 Å². The van der Waals surface area contributed by atoms with Crippen LogP contribution in [0.2, 0.25) is 0 Å². The van der Waals surface area contributed by atoms with Crippen molar-refractivity contribution in [2.75, 3.05) is 36.4 Å². The standard InChI is InChI=1S/C21H26N4O2/c1-3-16-6-5-7-17(4-2)20(16)23-21(27)19-9-8-18(14-22-19)25-12-10-24(15-26)11-13-25/h5-9,14-15H,3-4,10-13H2,1-2H3,(H,23,27). The molecule has 27 heavy (non-hydrogen) atoms. The first kappa shape index (κ1) is 18.9. The summed E-state index contributed by atoms with van der Waals surface area (Å²) >= 11 is 0. The molecule has 6 heteroatoms. The van der Waals surface area contributed by atoms with E-state index in [0.29, 0.717) is 18.8 Å². The molecule has 2 aromatic rings. The van der Waals surface area contributed by atoms with E-state index in [2.05, 4.69) is 29.0 Å². The number of rotatable bonds is 6. The molecule has 1 aromatic heterocycles. The van der Waals surface area contributed by atoms with E-state index in [1.165, 1.54) is 0 Å². The molecule has 1 aliphatic heterocycles. The maximum atomic E-state index is 12.7. The largest absolute Gasteiger partial charge is 0.367 e. The Balaban J connectivity index is 1.71. The number of benzene rings is 1. The summed E-state index contributed by atoms with van der Waals surface area (Å²) in [6, 6.07) is 9.81. The Bertz CT molecular complexity index is 774. The Kier molecular flexibility index (Phi) is 6.06. The molecule has 142 valence electrons. The molecule has 1 saturated heterocycles. The van der Waals surface area contributed by atoms with Crippen molar-refractivity contribution in [3.63, 3.8) is 0 Å². The number of pyridine rings is 1. The molecule has 1 N–H and O–H groups in total. The molecule has 1 aromatic carbocycles. The highest BCUT2D eigenvalue weighted by molar-refractivity contribution is 6.03. The molecule has 2 heterocycles. The lowest BCUT2D eigenvalue weighted by atomic mass is 10.0. The number of anilines is 2. The minimum Gasteiger partial charge on any atom is -0.367 e. The van der Waals surface area contributed by atoms with Crippen LogP contribution < -0.4 is 10.2 Å². The minimum atomic E-state index is -0.192. The molecular formula is C21H26N4O2. The Labute approximate surface area is 160 Å². The van der Waals surface area contributed by atoms with Gasteiger partial charge in [0.15, 0.2) is 0 Å². The van der Waals surface area contributed by atoms with E-state index in [-0.39, 0.29) is 5.91 Å². The van der Waals surface area contributed by atoms with Crippen LogP contribution in [0.4, 0.5) is 11.4 Å². The first-order chi connectivity index (χ1) is 13.2. The predicted molar refractivity (Wildman–Crippen MR) is 107 cm³/mol. The van der Waals surface area contributed by atoms with Crippen molar-refractivity contribution in [1.29, 1.82) is 0 Å². The summed E-state index contributed by atoms with van der Waals surface area (Å²) in [7, 11) is 0. The molecular weight excluding hydrogens is 340 g/mol. The third kappa shape index (κ3) is 4.27. The first-order valence-electron chi connectivity index (χ1n) is 9.48. The van der Waals surface area contributed by atoms with E-state index in [1.807, 2.05) is 24.3 Å². The summed E-state index contributed by atoms with van der Waals surface area (Å²) < 4.78 is 0. The van der Waals surface area contributed by atoms with Crippen LogP contribution >= 0.6 is 0 Å². The smallest absolute Gasteiger partial charge is 0.274 e. The highest BCUT2D eigenvalue weighted by atomic mass is 16.2. The van der Waals surface area contributed by atoms with E-state index in [0.717, 1.165) is 54.8 Å². The molecule has 0 atom stereocenters. The molecule has 1 aliphatic rings. The first-order valence-corrected chi connectivity index (χ1v) is 9.48. The SMILES string of the molecule is CCc1cccc(CC)c1NC(=O)c1ccc(N2CCN(C=O)CC2)cn1. The van der Waals surface area contributed by atoms with Gasteiger partial charge in [0.2, 0.25) is 6.41 Å². The number of nitrogens with one attached hydrogen (secondary N) is 1. The molecule has 1 fully saturated rings. The van der Waals surface area contributed by atoms with Gasteiger partial charge < -0.3 is 15.1 Å². The molecule has 2 amide bonds. The van der Waals surface area contributed by atoms with Crippen molar-refractivity contribution >= 4 is 23.7 Å². The fourth-order valence-electron chi connectivity index (χ4n) is 3.37. The van der Waals surface area contributed by atoms with E-state index >= 15 is 0 Å². The van der Waals surface area contributed by atoms with Crippen molar-refractivity contribution < 1.29 is 9.59 Å². The summed E-state index contributed by atoms with van der Waals surface area (Å²) in [5.41, 5.74) is 4.54. The normalized spacial score (nSPS) is 14.1. The van der Waals surface area contributed by atoms with Gasteiger partial charge in [-0.05, 0) is 36.1 Å². The molecule has 0 bridgehead atoms. The second-order valence-corrected chi connectivity index (χ2v) is 6.64. The summed E-state index contributed by atoms with van der Waals surface area (Å²) in [5.74, 6) is -0.192. The highest BCUT2D eigenvalue weighted by Gasteiger charge is 2.17. The molecule has 0 spiro atoms. The van der Waals surface area contributed by atoms with Gasteiger partial charge in [-0.1, -0.05) is 32.0 Å².